The van der Waals surface area contributed by atoms with Crippen LogP contribution in [0.15, 0.2) is 30.3 Å². The highest BCUT2D eigenvalue weighted by atomic mass is 15.2. The van der Waals surface area contributed by atoms with Crippen LogP contribution in [0.4, 0.5) is 0 Å². The van der Waals surface area contributed by atoms with Gasteiger partial charge >= 0.3 is 0 Å². The number of nitrogens with zero attached hydrogens (tertiary/aromatic N) is 1. The van der Waals surface area contributed by atoms with Gasteiger partial charge in [-0.25, -0.2) is 0 Å². The van der Waals surface area contributed by atoms with Gasteiger partial charge in [-0.1, -0.05) is 30.3 Å². The van der Waals surface area contributed by atoms with E-state index in [0.717, 1.165) is 6.54 Å². The van der Waals surface area contributed by atoms with E-state index < -0.39 is 0 Å². The first-order valence-electron chi connectivity index (χ1n) is 6.82. The molecule has 1 saturated heterocycles. The second-order valence-corrected chi connectivity index (χ2v) is 5.78. The molecule has 2 nitrogen and oxygen atoms in total. The molecular weight excluding hydrogens is 208 g/mol. The Morgan fingerprint density at radius 1 is 1.24 bits per heavy atom. The SMILES string of the molecule is NC1CCCN(CC2(c3ccccc3)CC2)C1. The molecule has 2 N–H and O–H groups in total. The standard InChI is InChI=1S/C15H22N2/c16-14-7-4-10-17(11-14)12-15(8-9-15)13-5-2-1-3-6-13/h1-3,5-6,14H,4,7-12,16H2. The zero-order valence-electron chi connectivity index (χ0n) is 10.4. The maximum atomic E-state index is 6.06. The smallest absolute Gasteiger partial charge is 0.0168 e. The first kappa shape index (κ1) is 11.2. The summed E-state index contributed by atoms with van der Waals surface area (Å²) in [7, 11) is 0. The van der Waals surface area contributed by atoms with Crippen molar-refractivity contribution >= 4 is 0 Å². The molecule has 1 atom stereocenters. The summed E-state index contributed by atoms with van der Waals surface area (Å²) in [5.74, 6) is 0. The molecular formula is C15H22N2. The van der Waals surface area contributed by atoms with E-state index in [1.807, 2.05) is 0 Å². The summed E-state index contributed by atoms with van der Waals surface area (Å²) >= 11 is 0. The van der Waals surface area contributed by atoms with Gasteiger partial charge in [-0.05, 0) is 37.8 Å². The lowest BCUT2D eigenvalue weighted by Crippen LogP contribution is -2.45. The summed E-state index contributed by atoms with van der Waals surface area (Å²) in [5, 5.41) is 0. The second-order valence-electron chi connectivity index (χ2n) is 5.78. The van der Waals surface area contributed by atoms with Crippen LogP contribution in [0.2, 0.25) is 0 Å². The fraction of sp³-hybridized carbons (Fsp3) is 0.600. The molecule has 1 aromatic rings. The minimum absolute atomic E-state index is 0.398. The summed E-state index contributed by atoms with van der Waals surface area (Å²) in [6.07, 6.45) is 5.17. The van der Waals surface area contributed by atoms with Gasteiger partial charge in [-0.3, -0.25) is 0 Å². The van der Waals surface area contributed by atoms with E-state index in [2.05, 4.69) is 35.2 Å². The molecule has 0 bridgehead atoms. The molecule has 1 aliphatic carbocycles. The molecule has 0 amide bonds. The molecule has 17 heavy (non-hydrogen) atoms. The second kappa shape index (κ2) is 4.43. The van der Waals surface area contributed by atoms with E-state index in [0.29, 0.717) is 11.5 Å². The lowest BCUT2D eigenvalue weighted by atomic mass is 9.94. The minimum atomic E-state index is 0.398. The fourth-order valence-corrected chi connectivity index (χ4v) is 3.14. The highest BCUT2D eigenvalue weighted by molar-refractivity contribution is 5.31. The summed E-state index contributed by atoms with van der Waals surface area (Å²) in [6.45, 7) is 3.54. The van der Waals surface area contributed by atoms with E-state index in [-0.39, 0.29) is 0 Å². The predicted octanol–water partition coefficient (Wildman–Crippen LogP) is 2.14. The van der Waals surface area contributed by atoms with Crippen LogP contribution in [-0.2, 0) is 5.41 Å². The number of hydrogen-bond donors (Lipinski definition) is 1. The van der Waals surface area contributed by atoms with Crippen LogP contribution in [-0.4, -0.2) is 30.6 Å². The van der Waals surface area contributed by atoms with Crippen LogP contribution in [0.25, 0.3) is 0 Å². The Balaban J connectivity index is 1.68. The van der Waals surface area contributed by atoms with Gasteiger partial charge in [0.25, 0.3) is 0 Å². The van der Waals surface area contributed by atoms with Crippen molar-refractivity contribution in [2.24, 2.45) is 5.73 Å². The van der Waals surface area contributed by atoms with Gasteiger partial charge < -0.3 is 10.6 Å². The maximum Gasteiger partial charge on any atom is 0.0168 e. The normalized spacial score (nSPS) is 27.9. The van der Waals surface area contributed by atoms with Gasteiger partial charge in [-0.2, -0.15) is 0 Å². The number of piperidine rings is 1. The first-order valence-corrected chi connectivity index (χ1v) is 6.82. The van der Waals surface area contributed by atoms with Gasteiger partial charge in [0.1, 0.15) is 0 Å². The molecule has 2 aliphatic rings. The lowest BCUT2D eigenvalue weighted by Gasteiger charge is -2.33. The average molecular weight is 230 g/mol. The molecule has 1 aliphatic heterocycles. The van der Waals surface area contributed by atoms with Crippen LogP contribution >= 0.6 is 0 Å². The third kappa shape index (κ3) is 2.38. The first-order chi connectivity index (χ1) is 8.28. The van der Waals surface area contributed by atoms with Crippen molar-refractivity contribution < 1.29 is 0 Å². The highest BCUT2D eigenvalue weighted by Gasteiger charge is 2.45. The molecule has 0 aromatic heterocycles. The van der Waals surface area contributed by atoms with E-state index in [9.17, 15) is 0 Å². The number of benzene rings is 1. The van der Waals surface area contributed by atoms with Gasteiger partial charge in [0.05, 0.1) is 0 Å². The molecule has 2 heteroatoms. The van der Waals surface area contributed by atoms with E-state index in [1.165, 1.54) is 44.3 Å². The van der Waals surface area contributed by atoms with Crippen LogP contribution in [0.1, 0.15) is 31.2 Å². The molecule has 3 rings (SSSR count). The van der Waals surface area contributed by atoms with Crippen molar-refractivity contribution in [3.63, 3.8) is 0 Å². The van der Waals surface area contributed by atoms with Gasteiger partial charge in [0, 0.05) is 24.5 Å². The third-order valence-electron chi connectivity index (χ3n) is 4.31. The van der Waals surface area contributed by atoms with E-state index in [1.54, 1.807) is 0 Å². The van der Waals surface area contributed by atoms with Crippen LogP contribution in [0, 0.1) is 0 Å². The largest absolute Gasteiger partial charge is 0.327 e. The number of likely N-dealkylation sites (tertiary alicyclic amines) is 1. The highest BCUT2D eigenvalue weighted by Crippen LogP contribution is 2.48. The van der Waals surface area contributed by atoms with Crippen molar-refractivity contribution in [3.8, 4) is 0 Å². The summed E-state index contributed by atoms with van der Waals surface area (Å²) in [4.78, 5) is 2.58. The Morgan fingerprint density at radius 2 is 2.00 bits per heavy atom. The van der Waals surface area contributed by atoms with Crippen molar-refractivity contribution in [2.75, 3.05) is 19.6 Å². The van der Waals surface area contributed by atoms with Crippen LogP contribution in [0.5, 0.6) is 0 Å². The molecule has 92 valence electrons. The molecule has 1 aromatic carbocycles. The van der Waals surface area contributed by atoms with Crippen LogP contribution < -0.4 is 5.73 Å². The number of nitrogens with two attached hydrogens (primary N) is 1. The molecule has 1 heterocycles. The maximum absolute atomic E-state index is 6.06. The molecule has 0 radical (unpaired) electrons. The minimum Gasteiger partial charge on any atom is -0.327 e. The third-order valence-corrected chi connectivity index (χ3v) is 4.31. The Morgan fingerprint density at radius 3 is 2.65 bits per heavy atom. The topological polar surface area (TPSA) is 29.3 Å². The molecule has 1 unspecified atom stereocenters. The quantitative estimate of drug-likeness (QED) is 0.862. The van der Waals surface area contributed by atoms with Crippen molar-refractivity contribution in [2.45, 2.75) is 37.1 Å². The molecule has 2 fully saturated rings. The summed E-state index contributed by atoms with van der Waals surface area (Å²) in [5.41, 5.74) is 8.05. The van der Waals surface area contributed by atoms with Crippen LogP contribution in [0.3, 0.4) is 0 Å². The fourth-order valence-electron chi connectivity index (χ4n) is 3.14. The Labute approximate surface area is 104 Å². The van der Waals surface area contributed by atoms with Crippen molar-refractivity contribution in [1.29, 1.82) is 0 Å². The zero-order chi connectivity index (χ0) is 11.7. The van der Waals surface area contributed by atoms with Gasteiger partial charge in [0.15, 0.2) is 0 Å². The Hall–Kier alpha value is -0.860. The molecule has 0 spiro atoms. The number of rotatable bonds is 3. The molecule has 1 saturated carbocycles. The summed E-state index contributed by atoms with van der Waals surface area (Å²) in [6, 6.07) is 11.4. The van der Waals surface area contributed by atoms with Crippen molar-refractivity contribution in [1.82, 2.24) is 4.90 Å². The van der Waals surface area contributed by atoms with Gasteiger partial charge in [0.2, 0.25) is 0 Å². The van der Waals surface area contributed by atoms with E-state index >= 15 is 0 Å². The van der Waals surface area contributed by atoms with Gasteiger partial charge in [-0.15, -0.1) is 0 Å². The summed E-state index contributed by atoms with van der Waals surface area (Å²) < 4.78 is 0. The predicted molar refractivity (Wildman–Crippen MR) is 71.0 cm³/mol. The Bertz CT molecular complexity index is 370. The Kier molecular flexibility index (Phi) is 2.93. The van der Waals surface area contributed by atoms with Crippen molar-refractivity contribution in [3.05, 3.63) is 35.9 Å². The monoisotopic (exact) mass is 230 g/mol. The average Bonchev–Trinajstić information content (AvgIpc) is 3.11. The zero-order valence-corrected chi connectivity index (χ0v) is 10.4. The van der Waals surface area contributed by atoms with E-state index in [4.69, 9.17) is 5.73 Å². The lowest BCUT2D eigenvalue weighted by molar-refractivity contribution is 0.192. The number of hydrogen-bond acceptors (Lipinski definition) is 2.